The lowest BCUT2D eigenvalue weighted by Gasteiger charge is -2.21. The van der Waals surface area contributed by atoms with Crippen molar-refractivity contribution in [1.82, 2.24) is 14.3 Å². The first-order chi connectivity index (χ1) is 15.1. The summed E-state index contributed by atoms with van der Waals surface area (Å²) in [5.74, 6) is 0.256. The lowest BCUT2D eigenvalue weighted by atomic mass is 9.97. The summed E-state index contributed by atoms with van der Waals surface area (Å²) < 4.78 is 42.7. The van der Waals surface area contributed by atoms with Crippen molar-refractivity contribution in [3.8, 4) is 0 Å². The molecule has 1 aliphatic carbocycles. The molecule has 2 heterocycles. The summed E-state index contributed by atoms with van der Waals surface area (Å²) in [6.07, 6.45) is -1.16. The maximum atomic E-state index is 13.3. The van der Waals surface area contributed by atoms with E-state index in [0.717, 1.165) is 23.6 Å². The van der Waals surface area contributed by atoms with Crippen molar-refractivity contribution >= 4 is 16.6 Å². The summed E-state index contributed by atoms with van der Waals surface area (Å²) in [6.45, 7) is 2.71. The first-order valence-corrected chi connectivity index (χ1v) is 10.3. The van der Waals surface area contributed by atoms with Crippen LogP contribution >= 0.6 is 0 Å². The molecule has 0 aliphatic heterocycles. The van der Waals surface area contributed by atoms with Crippen molar-refractivity contribution in [2.45, 2.75) is 51.5 Å². The van der Waals surface area contributed by atoms with Gasteiger partial charge in [-0.05, 0) is 43.9 Å². The Labute approximate surface area is 181 Å². The second-order valence-corrected chi connectivity index (χ2v) is 8.06. The Bertz CT molecular complexity index is 1290. The number of halogens is 3. The van der Waals surface area contributed by atoms with E-state index in [1.54, 1.807) is 23.8 Å². The number of aliphatic hydroxyl groups excluding tert-OH is 1. The number of rotatable bonds is 6. The Morgan fingerprint density at radius 3 is 2.59 bits per heavy atom. The zero-order valence-corrected chi connectivity index (χ0v) is 17.6. The van der Waals surface area contributed by atoms with Crippen molar-refractivity contribution in [2.24, 2.45) is 0 Å². The fourth-order valence-corrected chi connectivity index (χ4v) is 3.98. The molecular weight excluding hydrogens is 425 g/mol. The van der Waals surface area contributed by atoms with Crippen LogP contribution in [-0.2, 0) is 12.7 Å². The third-order valence-corrected chi connectivity index (χ3v) is 5.77. The molecule has 0 amide bonds. The number of benzene rings is 1. The van der Waals surface area contributed by atoms with E-state index in [9.17, 15) is 27.9 Å². The van der Waals surface area contributed by atoms with Gasteiger partial charge in [0, 0.05) is 23.7 Å². The topological polar surface area (TPSA) is 89.2 Å². The highest BCUT2D eigenvalue weighted by Gasteiger charge is 2.33. The van der Waals surface area contributed by atoms with E-state index in [1.165, 1.54) is 19.1 Å². The molecule has 1 atom stereocenters. The number of alkyl halides is 3. The molecule has 3 aromatic rings. The van der Waals surface area contributed by atoms with Gasteiger partial charge in [0.2, 0.25) is 0 Å². The highest BCUT2D eigenvalue weighted by Crippen LogP contribution is 2.36. The van der Waals surface area contributed by atoms with E-state index >= 15 is 0 Å². The SMILES string of the molecule is Cc1c(C(C)Nc2nn(CCO)c(=O)c3cc(=O)n(C4CC4)cc23)cccc1C(F)(F)F. The summed E-state index contributed by atoms with van der Waals surface area (Å²) in [6, 6.07) is 4.75. The summed E-state index contributed by atoms with van der Waals surface area (Å²) >= 11 is 0. The number of anilines is 1. The van der Waals surface area contributed by atoms with Crippen LogP contribution in [0.4, 0.5) is 19.0 Å². The molecule has 1 aromatic carbocycles. The van der Waals surface area contributed by atoms with Crippen LogP contribution in [0.5, 0.6) is 0 Å². The van der Waals surface area contributed by atoms with E-state index in [0.29, 0.717) is 10.9 Å². The highest BCUT2D eigenvalue weighted by atomic mass is 19.4. The van der Waals surface area contributed by atoms with Crippen molar-refractivity contribution in [3.05, 3.63) is 67.9 Å². The maximum absolute atomic E-state index is 13.3. The molecule has 0 saturated heterocycles. The van der Waals surface area contributed by atoms with Crippen LogP contribution in [0.15, 0.2) is 40.1 Å². The Hall–Kier alpha value is -3.14. The highest BCUT2D eigenvalue weighted by molar-refractivity contribution is 5.90. The monoisotopic (exact) mass is 448 g/mol. The number of nitrogens with one attached hydrogen (secondary N) is 1. The molecule has 0 spiro atoms. The predicted octanol–water partition coefficient (Wildman–Crippen LogP) is 3.39. The lowest BCUT2D eigenvalue weighted by Crippen LogP contribution is -2.29. The fraction of sp³-hybridized carbons (Fsp3) is 0.409. The summed E-state index contributed by atoms with van der Waals surface area (Å²) in [5, 5.41) is 17.3. The number of hydrogen-bond donors (Lipinski definition) is 2. The van der Waals surface area contributed by atoms with Gasteiger partial charge in [-0.2, -0.15) is 18.3 Å². The number of hydrogen-bond acceptors (Lipinski definition) is 5. The van der Waals surface area contributed by atoms with E-state index in [1.807, 2.05) is 0 Å². The van der Waals surface area contributed by atoms with E-state index < -0.39 is 23.3 Å². The third kappa shape index (κ3) is 4.02. The molecule has 1 aliphatic rings. The van der Waals surface area contributed by atoms with Gasteiger partial charge in [-0.25, -0.2) is 4.68 Å². The average molecular weight is 448 g/mol. The van der Waals surface area contributed by atoms with Crippen LogP contribution in [0.3, 0.4) is 0 Å². The summed E-state index contributed by atoms with van der Waals surface area (Å²) in [5.41, 5.74) is -0.989. The number of nitrogens with zero attached hydrogens (tertiary/aromatic N) is 3. The molecule has 1 unspecified atom stereocenters. The maximum Gasteiger partial charge on any atom is 0.416 e. The third-order valence-electron chi connectivity index (χ3n) is 5.77. The number of fused-ring (bicyclic) bond motifs is 1. The summed E-state index contributed by atoms with van der Waals surface area (Å²) in [7, 11) is 0. The van der Waals surface area contributed by atoms with Crippen LogP contribution in [0, 0.1) is 6.92 Å². The van der Waals surface area contributed by atoms with Crippen LogP contribution < -0.4 is 16.4 Å². The number of aromatic nitrogens is 3. The second-order valence-electron chi connectivity index (χ2n) is 8.06. The largest absolute Gasteiger partial charge is 0.416 e. The first-order valence-electron chi connectivity index (χ1n) is 10.3. The van der Waals surface area contributed by atoms with Crippen molar-refractivity contribution in [3.63, 3.8) is 0 Å². The number of pyridine rings is 1. The average Bonchev–Trinajstić information content (AvgIpc) is 3.55. The summed E-state index contributed by atoms with van der Waals surface area (Å²) in [4.78, 5) is 25.3. The zero-order chi connectivity index (χ0) is 23.2. The molecule has 2 N–H and O–H groups in total. The van der Waals surface area contributed by atoms with Crippen molar-refractivity contribution in [2.75, 3.05) is 11.9 Å². The van der Waals surface area contributed by atoms with Gasteiger partial charge in [0.1, 0.15) is 0 Å². The van der Waals surface area contributed by atoms with Gasteiger partial charge >= 0.3 is 6.18 Å². The van der Waals surface area contributed by atoms with Gasteiger partial charge in [0.05, 0.1) is 30.1 Å². The molecule has 0 bridgehead atoms. The van der Waals surface area contributed by atoms with Gasteiger partial charge < -0.3 is 15.0 Å². The fourth-order valence-electron chi connectivity index (χ4n) is 3.98. The van der Waals surface area contributed by atoms with Crippen molar-refractivity contribution in [1.29, 1.82) is 0 Å². The molecule has 0 radical (unpaired) electrons. The minimum Gasteiger partial charge on any atom is -0.394 e. The second kappa shape index (κ2) is 8.09. The van der Waals surface area contributed by atoms with Gasteiger partial charge in [0.15, 0.2) is 5.82 Å². The molecule has 32 heavy (non-hydrogen) atoms. The minimum absolute atomic E-state index is 0.0720. The molecule has 1 saturated carbocycles. The molecular formula is C22H23F3N4O3. The van der Waals surface area contributed by atoms with Crippen LogP contribution in [0.1, 0.15) is 48.5 Å². The smallest absolute Gasteiger partial charge is 0.394 e. The quantitative estimate of drug-likeness (QED) is 0.604. The molecule has 170 valence electrons. The molecule has 10 heteroatoms. The number of aliphatic hydroxyl groups is 1. The van der Waals surface area contributed by atoms with Gasteiger partial charge in [-0.3, -0.25) is 9.59 Å². The van der Waals surface area contributed by atoms with Gasteiger partial charge in [-0.15, -0.1) is 0 Å². The van der Waals surface area contributed by atoms with Crippen LogP contribution in [0.25, 0.3) is 10.8 Å². The zero-order valence-electron chi connectivity index (χ0n) is 17.6. The Morgan fingerprint density at radius 2 is 1.97 bits per heavy atom. The van der Waals surface area contributed by atoms with Crippen molar-refractivity contribution < 1.29 is 18.3 Å². The Morgan fingerprint density at radius 1 is 1.25 bits per heavy atom. The predicted molar refractivity (Wildman–Crippen MR) is 114 cm³/mol. The van der Waals surface area contributed by atoms with E-state index in [2.05, 4.69) is 10.4 Å². The first kappa shape index (κ1) is 22.1. The Kier molecular flexibility index (Phi) is 5.58. The lowest BCUT2D eigenvalue weighted by molar-refractivity contribution is -0.138. The standard InChI is InChI=1S/C22H23F3N4O3/c1-12-15(4-3-5-18(12)22(23,24)25)13(2)26-20-17-11-28(14-6-7-14)19(31)10-16(17)21(32)29(27-20)8-9-30/h3-5,10-11,13-14,30H,6-9H2,1-2H3,(H,26,27). The molecule has 1 fully saturated rings. The van der Waals surface area contributed by atoms with Gasteiger partial charge in [-0.1, -0.05) is 12.1 Å². The minimum atomic E-state index is -4.47. The van der Waals surface area contributed by atoms with Crippen LogP contribution in [0.2, 0.25) is 0 Å². The van der Waals surface area contributed by atoms with E-state index in [-0.39, 0.29) is 41.5 Å². The molecule has 4 rings (SSSR count). The van der Waals surface area contributed by atoms with Gasteiger partial charge in [0.25, 0.3) is 11.1 Å². The molecule has 7 nitrogen and oxygen atoms in total. The molecule has 2 aromatic heterocycles. The Balaban J connectivity index is 1.83. The van der Waals surface area contributed by atoms with E-state index in [4.69, 9.17) is 0 Å². The van der Waals surface area contributed by atoms with Crippen LogP contribution in [-0.4, -0.2) is 26.1 Å². The normalized spacial score (nSPS) is 15.2.